The van der Waals surface area contributed by atoms with E-state index >= 15 is 0 Å². The summed E-state index contributed by atoms with van der Waals surface area (Å²) in [5, 5.41) is 3.87. The standard InChI is InChI=1S/C13H16FN3O2/c1-7(2)11(18-3)12-16-13(19-17-12)8-5-4-6-9(14)10(8)15/h4-7,11H,15H2,1-3H3. The van der Waals surface area contributed by atoms with Gasteiger partial charge in [-0.25, -0.2) is 4.39 Å². The van der Waals surface area contributed by atoms with Crippen molar-refractivity contribution in [1.82, 2.24) is 10.1 Å². The molecule has 102 valence electrons. The zero-order valence-corrected chi connectivity index (χ0v) is 11.1. The van der Waals surface area contributed by atoms with Crippen molar-refractivity contribution in [2.24, 2.45) is 5.92 Å². The number of nitrogens with two attached hydrogens (primary N) is 1. The maximum atomic E-state index is 13.4. The van der Waals surface area contributed by atoms with Crippen molar-refractivity contribution < 1.29 is 13.7 Å². The largest absolute Gasteiger partial charge is 0.396 e. The fourth-order valence-corrected chi connectivity index (χ4v) is 1.86. The van der Waals surface area contributed by atoms with Gasteiger partial charge < -0.3 is 15.0 Å². The van der Waals surface area contributed by atoms with Gasteiger partial charge in [-0.2, -0.15) is 4.98 Å². The third-order valence-electron chi connectivity index (χ3n) is 2.84. The Balaban J connectivity index is 2.38. The molecule has 0 saturated heterocycles. The molecule has 1 atom stereocenters. The van der Waals surface area contributed by atoms with E-state index in [1.54, 1.807) is 19.2 Å². The molecule has 0 fully saturated rings. The second-order valence-corrected chi connectivity index (χ2v) is 4.56. The number of para-hydroxylation sites is 1. The van der Waals surface area contributed by atoms with Crippen LogP contribution in [0.4, 0.5) is 10.1 Å². The van der Waals surface area contributed by atoms with Gasteiger partial charge in [-0.05, 0) is 18.1 Å². The van der Waals surface area contributed by atoms with E-state index in [1.165, 1.54) is 6.07 Å². The van der Waals surface area contributed by atoms with Gasteiger partial charge in [-0.1, -0.05) is 25.1 Å². The predicted molar refractivity (Wildman–Crippen MR) is 68.7 cm³/mol. The smallest absolute Gasteiger partial charge is 0.260 e. The van der Waals surface area contributed by atoms with Gasteiger partial charge in [0, 0.05) is 7.11 Å². The van der Waals surface area contributed by atoms with Gasteiger partial charge in [0.25, 0.3) is 5.89 Å². The van der Waals surface area contributed by atoms with Gasteiger partial charge in [0.1, 0.15) is 11.9 Å². The molecule has 1 aromatic heterocycles. The molecule has 1 unspecified atom stereocenters. The van der Waals surface area contributed by atoms with Gasteiger partial charge in [-0.15, -0.1) is 0 Å². The number of hydrogen-bond donors (Lipinski definition) is 1. The first kappa shape index (κ1) is 13.5. The number of aromatic nitrogens is 2. The maximum absolute atomic E-state index is 13.4. The van der Waals surface area contributed by atoms with Gasteiger partial charge in [0.15, 0.2) is 0 Å². The van der Waals surface area contributed by atoms with Gasteiger partial charge in [0.2, 0.25) is 5.82 Å². The summed E-state index contributed by atoms with van der Waals surface area (Å²) < 4.78 is 23.8. The number of ether oxygens (including phenoxy) is 1. The van der Waals surface area contributed by atoms with Gasteiger partial charge in [0.05, 0.1) is 11.3 Å². The molecule has 1 heterocycles. The molecule has 0 saturated carbocycles. The van der Waals surface area contributed by atoms with E-state index in [0.717, 1.165) is 0 Å². The Bertz CT molecular complexity index is 569. The minimum atomic E-state index is -0.510. The zero-order chi connectivity index (χ0) is 14.0. The number of rotatable bonds is 4. The average Bonchev–Trinajstić information content (AvgIpc) is 2.82. The Hall–Kier alpha value is -1.95. The third-order valence-corrected chi connectivity index (χ3v) is 2.84. The number of benzene rings is 1. The first-order chi connectivity index (χ1) is 9.04. The van der Waals surface area contributed by atoms with Crippen LogP contribution < -0.4 is 5.73 Å². The summed E-state index contributed by atoms with van der Waals surface area (Å²) in [6.07, 6.45) is -0.271. The Morgan fingerprint density at radius 3 is 2.74 bits per heavy atom. The molecule has 0 radical (unpaired) electrons. The third kappa shape index (κ3) is 2.58. The van der Waals surface area contributed by atoms with E-state index in [0.29, 0.717) is 11.4 Å². The van der Waals surface area contributed by atoms with Crippen LogP contribution in [0.25, 0.3) is 11.5 Å². The lowest BCUT2D eigenvalue weighted by molar-refractivity contribution is 0.0556. The number of anilines is 1. The molecule has 0 aliphatic heterocycles. The minimum Gasteiger partial charge on any atom is -0.396 e. The first-order valence-corrected chi connectivity index (χ1v) is 5.95. The normalized spacial score (nSPS) is 12.9. The van der Waals surface area contributed by atoms with Crippen molar-refractivity contribution >= 4 is 5.69 Å². The van der Waals surface area contributed by atoms with Crippen LogP contribution in [-0.4, -0.2) is 17.3 Å². The van der Waals surface area contributed by atoms with Crippen LogP contribution in [-0.2, 0) is 4.74 Å². The number of nitrogens with zero attached hydrogens (tertiary/aromatic N) is 2. The van der Waals surface area contributed by atoms with Crippen molar-refractivity contribution in [2.75, 3.05) is 12.8 Å². The van der Waals surface area contributed by atoms with Crippen LogP contribution in [0.5, 0.6) is 0 Å². The molecule has 1 aromatic carbocycles. The summed E-state index contributed by atoms with van der Waals surface area (Å²) in [6.45, 7) is 3.97. The van der Waals surface area contributed by atoms with Crippen LogP contribution in [0, 0.1) is 11.7 Å². The van der Waals surface area contributed by atoms with Crippen LogP contribution >= 0.6 is 0 Å². The van der Waals surface area contributed by atoms with E-state index in [1.807, 2.05) is 13.8 Å². The van der Waals surface area contributed by atoms with Gasteiger partial charge >= 0.3 is 0 Å². The Labute approximate surface area is 110 Å². The minimum absolute atomic E-state index is 0.00351. The summed E-state index contributed by atoms with van der Waals surface area (Å²) in [6, 6.07) is 4.45. The van der Waals surface area contributed by atoms with E-state index in [4.69, 9.17) is 15.0 Å². The van der Waals surface area contributed by atoms with Crippen molar-refractivity contribution in [2.45, 2.75) is 20.0 Å². The molecule has 0 spiro atoms. The van der Waals surface area contributed by atoms with E-state index < -0.39 is 5.82 Å². The highest BCUT2D eigenvalue weighted by Crippen LogP contribution is 2.29. The summed E-state index contributed by atoms with van der Waals surface area (Å²) in [5.41, 5.74) is 6.04. The number of halogens is 1. The van der Waals surface area contributed by atoms with Crippen molar-refractivity contribution in [3.05, 3.63) is 29.8 Å². The fraction of sp³-hybridized carbons (Fsp3) is 0.385. The summed E-state index contributed by atoms with van der Waals surface area (Å²) >= 11 is 0. The molecule has 0 aliphatic carbocycles. The van der Waals surface area contributed by atoms with Crippen molar-refractivity contribution in [3.63, 3.8) is 0 Å². The lowest BCUT2D eigenvalue weighted by Crippen LogP contribution is -2.10. The molecule has 2 N–H and O–H groups in total. The molecule has 0 aliphatic rings. The molecular weight excluding hydrogens is 249 g/mol. The molecular formula is C13H16FN3O2. The lowest BCUT2D eigenvalue weighted by atomic mass is 10.1. The Morgan fingerprint density at radius 2 is 2.11 bits per heavy atom. The summed E-state index contributed by atoms with van der Waals surface area (Å²) in [4.78, 5) is 4.23. The molecule has 2 rings (SSSR count). The first-order valence-electron chi connectivity index (χ1n) is 5.95. The zero-order valence-electron chi connectivity index (χ0n) is 11.1. The molecule has 0 bridgehead atoms. The number of methoxy groups -OCH3 is 1. The molecule has 0 amide bonds. The van der Waals surface area contributed by atoms with E-state index in [2.05, 4.69) is 10.1 Å². The highest BCUT2D eigenvalue weighted by atomic mass is 19.1. The van der Waals surface area contributed by atoms with Crippen LogP contribution in [0.2, 0.25) is 0 Å². The average molecular weight is 265 g/mol. The number of hydrogen-bond acceptors (Lipinski definition) is 5. The summed E-state index contributed by atoms with van der Waals surface area (Å²) in [7, 11) is 1.58. The highest BCUT2D eigenvalue weighted by molar-refractivity contribution is 5.70. The van der Waals surface area contributed by atoms with Crippen LogP contribution in [0.3, 0.4) is 0 Å². The van der Waals surface area contributed by atoms with Crippen LogP contribution in [0.1, 0.15) is 25.8 Å². The van der Waals surface area contributed by atoms with Crippen molar-refractivity contribution in [3.8, 4) is 11.5 Å². The molecule has 19 heavy (non-hydrogen) atoms. The van der Waals surface area contributed by atoms with Crippen molar-refractivity contribution in [1.29, 1.82) is 0 Å². The quantitative estimate of drug-likeness (QED) is 0.860. The van der Waals surface area contributed by atoms with Gasteiger partial charge in [-0.3, -0.25) is 0 Å². The lowest BCUT2D eigenvalue weighted by Gasteiger charge is -2.14. The second kappa shape index (κ2) is 5.36. The molecule has 6 heteroatoms. The maximum Gasteiger partial charge on any atom is 0.260 e. The number of nitrogen functional groups attached to an aromatic ring is 1. The van der Waals surface area contributed by atoms with E-state index in [9.17, 15) is 4.39 Å². The summed E-state index contributed by atoms with van der Waals surface area (Å²) in [5.74, 6) is 0.301. The SMILES string of the molecule is COC(c1noc(-c2cccc(F)c2N)n1)C(C)C. The monoisotopic (exact) mass is 265 g/mol. The van der Waals surface area contributed by atoms with Crippen LogP contribution in [0.15, 0.2) is 22.7 Å². The molecule has 5 nitrogen and oxygen atoms in total. The second-order valence-electron chi connectivity index (χ2n) is 4.56. The fourth-order valence-electron chi connectivity index (χ4n) is 1.86. The van der Waals surface area contributed by atoms with E-state index in [-0.39, 0.29) is 23.6 Å². The Morgan fingerprint density at radius 1 is 1.37 bits per heavy atom. The topological polar surface area (TPSA) is 74.2 Å². The Kier molecular flexibility index (Phi) is 3.80. The predicted octanol–water partition coefficient (Wildman–Crippen LogP) is 2.80. The molecule has 2 aromatic rings. The highest BCUT2D eigenvalue weighted by Gasteiger charge is 2.22.